The fraction of sp³-hybridized carbons (Fsp3) is 0.946. The maximum Gasteiger partial charge on any atom is 0.341 e. The lowest BCUT2D eigenvalue weighted by molar-refractivity contribution is -0.300. The molecule has 13 nitrogen and oxygen atoms in total. The van der Waals surface area contributed by atoms with Gasteiger partial charge in [0.1, 0.15) is 5.60 Å². The Balaban J connectivity index is 1.34. The van der Waals surface area contributed by atoms with Gasteiger partial charge in [0.05, 0.1) is 35.4 Å². The van der Waals surface area contributed by atoms with Crippen LogP contribution in [0.15, 0.2) is 0 Å². The normalized spacial score (nSPS) is 54.6. The predicted molar refractivity (Wildman–Crippen MR) is 176 cm³/mol. The van der Waals surface area contributed by atoms with Crippen LogP contribution >= 0.6 is 0 Å². The summed E-state index contributed by atoms with van der Waals surface area (Å²) in [6.45, 7) is 13.1. The first kappa shape index (κ1) is 36.9. The zero-order valence-electron chi connectivity index (χ0n) is 30.5. The number of carbonyl (C=O) groups is 2. The zero-order chi connectivity index (χ0) is 36.7. The third-order valence-electron chi connectivity index (χ3n) is 15.5. The van der Waals surface area contributed by atoms with Gasteiger partial charge in [-0.15, -0.1) is 0 Å². The number of ether oxygens (including phenoxy) is 3. The van der Waals surface area contributed by atoms with Gasteiger partial charge in [-0.25, -0.2) is 4.79 Å². The van der Waals surface area contributed by atoms with Gasteiger partial charge in [-0.05, 0) is 83.5 Å². The number of hydrogen-bond acceptors (Lipinski definition) is 13. The van der Waals surface area contributed by atoms with Crippen molar-refractivity contribution in [2.24, 2.45) is 46.8 Å². The first-order chi connectivity index (χ1) is 23.1. The molecule has 0 unspecified atom stereocenters. The lowest BCUT2D eigenvalue weighted by Gasteiger charge is -2.64. The fourth-order valence-corrected chi connectivity index (χ4v) is 12.5. The molecule has 284 valence electrons. The molecular formula is C37H59NO12. The summed E-state index contributed by atoms with van der Waals surface area (Å²) in [4.78, 5) is 28.9. The minimum Gasteiger partial charge on any atom is -0.456 e. The number of carbonyl (C=O) groups excluding carboxylic acids is 2. The Morgan fingerprint density at radius 2 is 1.74 bits per heavy atom. The van der Waals surface area contributed by atoms with Crippen LogP contribution in [-0.2, 0) is 23.8 Å². The molecule has 3 aliphatic heterocycles. The predicted octanol–water partition coefficient (Wildman–Crippen LogP) is 0.466. The van der Waals surface area contributed by atoms with Crippen LogP contribution in [0.3, 0.4) is 0 Å². The summed E-state index contributed by atoms with van der Waals surface area (Å²) >= 11 is 0. The molecule has 7 fully saturated rings. The third-order valence-corrected chi connectivity index (χ3v) is 15.5. The summed E-state index contributed by atoms with van der Waals surface area (Å²) < 4.78 is 18.7. The van der Waals surface area contributed by atoms with Crippen molar-refractivity contribution in [3.63, 3.8) is 0 Å². The Labute approximate surface area is 294 Å². The molecule has 1 spiro atoms. The summed E-state index contributed by atoms with van der Waals surface area (Å²) in [7, 11) is 0. The van der Waals surface area contributed by atoms with E-state index in [0.29, 0.717) is 25.3 Å². The molecule has 0 aromatic carbocycles. The van der Waals surface area contributed by atoms with E-state index in [2.05, 4.69) is 11.8 Å². The van der Waals surface area contributed by atoms with Gasteiger partial charge in [-0.2, -0.15) is 0 Å². The summed E-state index contributed by atoms with van der Waals surface area (Å²) in [5.74, 6) is -7.78. The van der Waals surface area contributed by atoms with E-state index in [1.165, 1.54) is 6.92 Å². The number of aliphatic hydroxyl groups is 7. The number of rotatable bonds is 6. The van der Waals surface area contributed by atoms with E-state index < -0.39 is 112 Å². The molecule has 0 amide bonds. The van der Waals surface area contributed by atoms with E-state index >= 15 is 0 Å². The number of nitrogens with zero attached hydrogens (tertiary/aromatic N) is 1. The van der Waals surface area contributed by atoms with E-state index in [0.717, 1.165) is 26.3 Å². The lowest BCUT2D eigenvalue weighted by atomic mass is 9.49. The highest BCUT2D eigenvalue weighted by Crippen LogP contribution is 2.77. The van der Waals surface area contributed by atoms with Crippen molar-refractivity contribution in [1.29, 1.82) is 0 Å². The Kier molecular flexibility index (Phi) is 8.52. The van der Waals surface area contributed by atoms with Gasteiger partial charge in [0.25, 0.3) is 0 Å². The maximum absolute atomic E-state index is 13.5. The Morgan fingerprint density at radius 3 is 2.38 bits per heavy atom. The van der Waals surface area contributed by atoms with Crippen LogP contribution in [-0.4, -0.2) is 130 Å². The van der Waals surface area contributed by atoms with Crippen LogP contribution < -0.4 is 0 Å². The molecule has 13 heteroatoms. The Hall–Kier alpha value is -1.42. The fourth-order valence-electron chi connectivity index (χ4n) is 12.5. The maximum atomic E-state index is 13.5. The summed E-state index contributed by atoms with van der Waals surface area (Å²) in [6.07, 6.45) is -4.15. The first-order valence-corrected chi connectivity index (χ1v) is 18.9. The highest BCUT2D eigenvalue weighted by molar-refractivity contribution is 5.79. The van der Waals surface area contributed by atoms with Gasteiger partial charge >= 0.3 is 11.9 Å². The lowest BCUT2D eigenvalue weighted by Crippen LogP contribution is -2.77. The number of fused-ring (bicyclic) bond motifs is 5. The van der Waals surface area contributed by atoms with Crippen LogP contribution in [0.1, 0.15) is 93.4 Å². The molecule has 19 atom stereocenters. The number of esters is 2. The molecule has 50 heavy (non-hydrogen) atoms. The number of aliphatic hydroxyl groups excluding tert-OH is 3. The SMILES string of the molecule is CC[C@H](C)C(=O)O[C@H]1[C@H](O)[C@H]2[C@H](CN3C[C@H](C)CC[C@H]3[C@@]2(C)O)[C@@H]2C[C@]34O[C@]5(O)[C@H](OC(=O)[C@](C)(O)[C@@H](C)O)CC[C@@]3(C)[C@H]5C[C@@H](O)[C@H]4[C@@]21O. The molecule has 0 radical (unpaired) electrons. The van der Waals surface area contributed by atoms with E-state index in [1.54, 1.807) is 13.8 Å². The van der Waals surface area contributed by atoms with Crippen molar-refractivity contribution in [2.45, 2.75) is 158 Å². The van der Waals surface area contributed by atoms with E-state index in [9.17, 15) is 45.3 Å². The second-order valence-electron chi connectivity index (χ2n) is 18.2. The van der Waals surface area contributed by atoms with Gasteiger partial charge in [0.15, 0.2) is 17.8 Å². The average molecular weight is 710 g/mol. The Morgan fingerprint density at radius 1 is 1.06 bits per heavy atom. The largest absolute Gasteiger partial charge is 0.456 e. The number of hydrogen-bond donors (Lipinski definition) is 7. The quantitative estimate of drug-likeness (QED) is 0.188. The average Bonchev–Trinajstić information content (AvgIpc) is 3.31. The van der Waals surface area contributed by atoms with E-state index in [4.69, 9.17) is 14.2 Å². The van der Waals surface area contributed by atoms with Gasteiger partial charge in [0.2, 0.25) is 5.79 Å². The van der Waals surface area contributed by atoms with Crippen LogP contribution in [0.25, 0.3) is 0 Å². The minimum absolute atomic E-state index is 0.0328. The Bertz CT molecular complexity index is 1390. The van der Waals surface area contributed by atoms with Gasteiger partial charge in [-0.3, -0.25) is 9.69 Å². The first-order valence-electron chi connectivity index (χ1n) is 18.9. The van der Waals surface area contributed by atoms with Crippen LogP contribution in [0.4, 0.5) is 0 Å². The summed E-state index contributed by atoms with van der Waals surface area (Å²) in [5.41, 5.74) is -7.89. The molecule has 7 rings (SSSR count). The van der Waals surface area contributed by atoms with Crippen LogP contribution in [0, 0.1) is 46.8 Å². The zero-order valence-corrected chi connectivity index (χ0v) is 30.5. The minimum atomic E-state index is -2.25. The number of piperidine rings is 2. The van der Waals surface area contributed by atoms with Crippen molar-refractivity contribution in [3.05, 3.63) is 0 Å². The molecule has 7 N–H and O–H groups in total. The molecule has 0 aromatic heterocycles. The molecule has 0 aromatic rings. The molecule has 7 aliphatic rings. The second-order valence-corrected chi connectivity index (χ2v) is 18.2. The monoisotopic (exact) mass is 709 g/mol. The molecular weight excluding hydrogens is 650 g/mol. The topological polar surface area (TPSA) is 207 Å². The molecule has 3 saturated heterocycles. The molecule has 4 aliphatic carbocycles. The third kappa shape index (κ3) is 4.57. The van der Waals surface area contributed by atoms with Crippen molar-refractivity contribution >= 4 is 11.9 Å². The summed E-state index contributed by atoms with van der Waals surface area (Å²) in [6, 6.07) is -0.238. The summed E-state index contributed by atoms with van der Waals surface area (Å²) in [5, 5.41) is 83.5. The van der Waals surface area contributed by atoms with E-state index in [1.807, 2.05) is 13.8 Å². The van der Waals surface area contributed by atoms with Gasteiger partial charge in [-0.1, -0.05) is 27.7 Å². The van der Waals surface area contributed by atoms with Crippen molar-refractivity contribution in [1.82, 2.24) is 4.90 Å². The second kappa shape index (κ2) is 11.5. The molecule has 3 heterocycles. The van der Waals surface area contributed by atoms with Crippen molar-refractivity contribution in [3.8, 4) is 0 Å². The molecule has 4 bridgehead atoms. The van der Waals surface area contributed by atoms with Gasteiger partial charge < -0.3 is 50.0 Å². The van der Waals surface area contributed by atoms with E-state index in [-0.39, 0.29) is 25.3 Å². The van der Waals surface area contributed by atoms with Crippen LogP contribution in [0.2, 0.25) is 0 Å². The van der Waals surface area contributed by atoms with Crippen molar-refractivity contribution in [2.75, 3.05) is 13.1 Å². The van der Waals surface area contributed by atoms with Gasteiger partial charge in [0, 0.05) is 42.3 Å². The van der Waals surface area contributed by atoms with Crippen molar-refractivity contribution < 1.29 is 59.5 Å². The molecule has 4 saturated carbocycles. The highest BCUT2D eigenvalue weighted by Gasteiger charge is 2.87. The van der Waals surface area contributed by atoms with Crippen LogP contribution in [0.5, 0.6) is 0 Å². The smallest absolute Gasteiger partial charge is 0.341 e. The standard InChI is InChI=1S/C37H59NO12/c1-8-18(3)30(42)49-29-27(41)26-20(16-38-15-17(2)9-10-24(38)34(26,7)45)21-14-35-28(36(21,29)46)22(40)13-23-32(35,5)12-11-25(37(23,47)50-35)48-31(43)33(6,44)19(4)39/h17-29,39-41,44-47H,8-16H2,1-7H3/t17-,18+,19-,20-,21+,22-,23-,24+,25-,26-,27-,28-,29+,32+,33-,34-,35-,36+,37+/m1/s1. The highest BCUT2D eigenvalue weighted by atomic mass is 16.7.